The largest absolute Gasteiger partial charge is 0.494 e. The van der Waals surface area contributed by atoms with Crippen molar-refractivity contribution in [1.29, 1.82) is 0 Å². The van der Waals surface area contributed by atoms with Crippen LogP contribution in [0.5, 0.6) is 11.5 Å². The summed E-state index contributed by atoms with van der Waals surface area (Å²) in [5.74, 6) is 1.66. The number of amides is 3. The topological polar surface area (TPSA) is 79.9 Å². The lowest BCUT2D eigenvalue weighted by atomic mass is 9.97. The van der Waals surface area contributed by atoms with Crippen molar-refractivity contribution in [1.82, 2.24) is 10.2 Å². The number of benzene rings is 2. The maximum atomic E-state index is 12.2. The van der Waals surface area contributed by atoms with Crippen molar-refractivity contribution >= 4 is 17.8 Å². The number of nitrogens with zero attached hydrogens (tertiary/aromatic N) is 1. The van der Waals surface area contributed by atoms with E-state index in [0.717, 1.165) is 18.6 Å². The number of carbonyl (C=O) groups excluding carboxylic acids is 2. The number of nitrogens with one attached hydrogen (secondary N) is 2. The molecule has 0 bridgehead atoms. The first-order valence-corrected chi connectivity index (χ1v) is 9.93. The Morgan fingerprint density at radius 1 is 1.00 bits per heavy atom. The first kappa shape index (κ1) is 20.5. The van der Waals surface area contributed by atoms with Gasteiger partial charge in [0.2, 0.25) is 0 Å². The van der Waals surface area contributed by atoms with Crippen LogP contribution in [-0.2, 0) is 0 Å². The van der Waals surface area contributed by atoms with E-state index in [1.165, 1.54) is 0 Å². The molecule has 2 aromatic carbocycles. The van der Waals surface area contributed by atoms with E-state index in [1.54, 1.807) is 29.2 Å². The van der Waals surface area contributed by atoms with Crippen LogP contribution in [0.2, 0.25) is 0 Å². The summed E-state index contributed by atoms with van der Waals surface area (Å²) in [5.41, 5.74) is 0.712. The van der Waals surface area contributed by atoms with Gasteiger partial charge in [-0.2, -0.15) is 0 Å². The van der Waals surface area contributed by atoms with E-state index in [2.05, 4.69) is 10.6 Å². The number of likely N-dealkylation sites (tertiary alicyclic amines) is 1. The van der Waals surface area contributed by atoms with Gasteiger partial charge in [-0.25, -0.2) is 9.59 Å². The molecule has 0 spiro atoms. The predicted molar refractivity (Wildman–Crippen MR) is 111 cm³/mol. The molecule has 1 aliphatic rings. The molecule has 7 heteroatoms. The molecule has 0 unspecified atom stereocenters. The van der Waals surface area contributed by atoms with Gasteiger partial charge < -0.3 is 25.0 Å². The molecule has 0 radical (unpaired) electrons. The standard InChI is InChI=1S/C22H27N3O4/c1-2-28-19-10-8-18(9-11-19)24-21(26)23-16-17-12-14-25(15-13-17)22(27)29-20-6-4-3-5-7-20/h3-11,17H,2,12-16H2,1H3,(H2,23,24,26). The van der Waals surface area contributed by atoms with Gasteiger partial charge in [-0.05, 0) is 62.1 Å². The summed E-state index contributed by atoms with van der Waals surface area (Å²) in [6, 6.07) is 16.1. The number of hydrogen-bond acceptors (Lipinski definition) is 4. The van der Waals surface area contributed by atoms with E-state index >= 15 is 0 Å². The van der Waals surface area contributed by atoms with Crippen molar-refractivity contribution in [3.8, 4) is 11.5 Å². The van der Waals surface area contributed by atoms with Crippen molar-refractivity contribution in [2.45, 2.75) is 19.8 Å². The van der Waals surface area contributed by atoms with Crippen LogP contribution >= 0.6 is 0 Å². The van der Waals surface area contributed by atoms with Crippen molar-refractivity contribution in [2.24, 2.45) is 5.92 Å². The second kappa shape index (κ2) is 10.4. The highest BCUT2D eigenvalue weighted by Gasteiger charge is 2.24. The number of carbonyl (C=O) groups is 2. The molecule has 3 rings (SSSR count). The minimum Gasteiger partial charge on any atom is -0.494 e. The van der Waals surface area contributed by atoms with Gasteiger partial charge in [0.05, 0.1) is 6.61 Å². The summed E-state index contributed by atoms with van der Waals surface area (Å²) in [6.07, 6.45) is 1.33. The highest BCUT2D eigenvalue weighted by Crippen LogP contribution is 2.19. The number of ether oxygens (including phenoxy) is 2. The predicted octanol–water partition coefficient (Wildman–Crippen LogP) is 4.12. The van der Waals surface area contributed by atoms with E-state index in [4.69, 9.17) is 9.47 Å². The second-order valence-corrected chi connectivity index (χ2v) is 6.90. The van der Waals surface area contributed by atoms with Crippen LogP contribution in [0, 0.1) is 5.92 Å². The van der Waals surface area contributed by atoms with Gasteiger partial charge in [0.15, 0.2) is 0 Å². The normalized spacial score (nSPS) is 14.2. The summed E-state index contributed by atoms with van der Waals surface area (Å²) < 4.78 is 10.8. The van der Waals surface area contributed by atoms with Gasteiger partial charge >= 0.3 is 12.1 Å². The van der Waals surface area contributed by atoms with Crippen molar-refractivity contribution in [3.63, 3.8) is 0 Å². The Labute approximate surface area is 171 Å². The molecule has 1 heterocycles. The smallest absolute Gasteiger partial charge is 0.415 e. The fourth-order valence-corrected chi connectivity index (χ4v) is 3.19. The molecule has 1 fully saturated rings. The quantitative estimate of drug-likeness (QED) is 0.768. The third-order valence-corrected chi connectivity index (χ3v) is 4.80. The van der Waals surface area contributed by atoms with Gasteiger partial charge in [-0.3, -0.25) is 0 Å². The van der Waals surface area contributed by atoms with Crippen LogP contribution in [-0.4, -0.2) is 43.3 Å². The summed E-state index contributed by atoms with van der Waals surface area (Å²) >= 11 is 0. The van der Waals surface area contributed by atoms with E-state index in [1.807, 2.05) is 37.3 Å². The SMILES string of the molecule is CCOc1ccc(NC(=O)NCC2CCN(C(=O)Oc3ccccc3)CC2)cc1. The molecule has 7 nitrogen and oxygen atoms in total. The Bertz CT molecular complexity index is 787. The lowest BCUT2D eigenvalue weighted by Gasteiger charge is -2.31. The van der Waals surface area contributed by atoms with Crippen LogP contribution < -0.4 is 20.1 Å². The summed E-state index contributed by atoms with van der Waals surface area (Å²) in [4.78, 5) is 26.0. The summed E-state index contributed by atoms with van der Waals surface area (Å²) in [5, 5.41) is 5.72. The number of rotatable bonds is 6. The van der Waals surface area contributed by atoms with Gasteiger partial charge in [0.25, 0.3) is 0 Å². The maximum absolute atomic E-state index is 12.2. The molecule has 154 valence electrons. The highest BCUT2D eigenvalue weighted by atomic mass is 16.6. The number of urea groups is 1. The molecule has 2 aromatic rings. The zero-order valence-corrected chi connectivity index (χ0v) is 16.6. The zero-order chi connectivity index (χ0) is 20.5. The molecule has 1 saturated heterocycles. The molecule has 0 aliphatic carbocycles. The summed E-state index contributed by atoms with van der Waals surface area (Å²) in [7, 11) is 0. The number of hydrogen-bond donors (Lipinski definition) is 2. The van der Waals surface area contributed by atoms with Crippen LogP contribution in [0.1, 0.15) is 19.8 Å². The van der Waals surface area contributed by atoms with Crippen molar-refractivity contribution < 1.29 is 19.1 Å². The molecule has 3 amide bonds. The molecule has 1 aliphatic heterocycles. The average Bonchev–Trinajstić information content (AvgIpc) is 2.75. The lowest BCUT2D eigenvalue weighted by Crippen LogP contribution is -2.43. The van der Waals surface area contributed by atoms with Crippen LogP contribution in [0.15, 0.2) is 54.6 Å². The number of para-hydroxylation sites is 1. The number of piperidine rings is 1. The highest BCUT2D eigenvalue weighted by molar-refractivity contribution is 5.89. The van der Waals surface area contributed by atoms with Crippen LogP contribution in [0.25, 0.3) is 0 Å². The number of anilines is 1. The molecule has 29 heavy (non-hydrogen) atoms. The second-order valence-electron chi connectivity index (χ2n) is 6.90. The average molecular weight is 397 g/mol. The maximum Gasteiger partial charge on any atom is 0.415 e. The first-order chi connectivity index (χ1) is 14.1. The molecule has 2 N–H and O–H groups in total. The van der Waals surface area contributed by atoms with Crippen LogP contribution in [0.3, 0.4) is 0 Å². The molecular weight excluding hydrogens is 370 g/mol. The van der Waals surface area contributed by atoms with Gasteiger partial charge in [-0.15, -0.1) is 0 Å². The van der Waals surface area contributed by atoms with Gasteiger partial charge in [0.1, 0.15) is 11.5 Å². The lowest BCUT2D eigenvalue weighted by molar-refractivity contribution is 0.130. The Morgan fingerprint density at radius 3 is 2.34 bits per heavy atom. The summed E-state index contributed by atoms with van der Waals surface area (Å²) in [6.45, 7) is 4.36. The van der Waals surface area contributed by atoms with E-state index in [0.29, 0.717) is 43.6 Å². The fourth-order valence-electron chi connectivity index (χ4n) is 3.19. The van der Waals surface area contributed by atoms with Crippen molar-refractivity contribution in [3.05, 3.63) is 54.6 Å². The molecule has 0 atom stereocenters. The monoisotopic (exact) mass is 397 g/mol. The Hall–Kier alpha value is -3.22. The van der Waals surface area contributed by atoms with Gasteiger partial charge in [0, 0.05) is 25.3 Å². The fraction of sp³-hybridized carbons (Fsp3) is 0.364. The Morgan fingerprint density at radius 2 is 1.69 bits per heavy atom. The zero-order valence-electron chi connectivity index (χ0n) is 16.6. The first-order valence-electron chi connectivity index (χ1n) is 9.93. The third-order valence-electron chi connectivity index (χ3n) is 4.80. The minimum atomic E-state index is -0.323. The van der Waals surface area contributed by atoms with Crippen molar-refractivity contribution in [2.75, 3.05) is 31.6 Å². The minimum absolute atomic E-state index is 0.236. The van der Waals surface area contributed by atoms with Gasteiger partial charge in [-0.1, -0.05) is 18.2 Å². The Kier molecular flexibility index (Phi) is 7.33. The third kappa shape index (κ3) is 6.41. The van der Waals surface area contributed by atoms with Crippen LogP contribution in [0.4, 0.5) is 15.3 Å². The van der Waals surface area contributed by atoms with E-state index in [9.17, 15) is 9.59 Å². The molecule has 0 aromatic heterocycles. The Balaban J connectivity index is 1.36. The molecule has 0 saturated carbocycles. The van der Waals surface area contributed by atoms with E-state index in [-0.39, 0.29) is 12.1 Å². The molecular formula is C22H27N3O4. The van der Waals surface area contributed by atoms with E-state index < -0.39 is 0 Å².